The summed E-state index contributed by atoms with van der Waals surface area (Å²) in [6.45, 7) is -0.157. The van der Waals surface area contributed by atoms with Crippen LogP contribution in [-0.2, 0) is 16.1 Å². The molecule has 0 spiro atoms. The fourth-order valence-electron chi connectivity index (χ4n) is 2.28. The molecule has 0 unspecified atom stereocenters. The van der Waals surface area contributed by atoms with E-state index < -0.39 is 5.97 Å². The Morgan fingerprint density at radius 3 is 2.54 bits per heavy atom. The molecule has 7 nitrogen and oxygen atoms in total. The normalized spacial score (nSPS) is 10.2. The zero-order chi connectivity index (χ0) is 19.8. The van der Waals surface area contributed by atoms with Crippen LogP contribution in [0.25, 0.3) is 0 Å². The maximum atomic E-state index is 11.9. The summed E-state index contributed by atoms with van der Waals surface area (Å²) in [5.74, 6) is -0.0734. The summed E-state index contributed by atoms with van der Waals surface area (Å²) in [7, 11) is 1.62. The fourth-order valence-corrected chi connectivity index (χ4v) is 2.99. The number of ether oxygens (including phenoxy) is 2. The number of nitrogens with zero attached hydrogens (tertiary/aromatic N) is 1. The van der Waals surface area contributed by atoms with Crippen LogP contribution in [0.15, 0.2) is 60.0 Å². The van der Waals surface area contributed by atoms with Gasteiger partial charge in [-0.1, -0.05) is 18.2 Å². The predicted molar refractivity (Wildman–Crippen MR) is 107 cm³/mol. The third-order valence-corrected chi connectivity index (χ3v) is 4.51. The van der Waals surface area contributed by atoms with E-state index in [0.29, 0.717) is 16.4 Å². The molecule has 144 valence electrons. The van der Waals surface area contributed by atoms with Crippen molar-refractivity contribution in [3.8, 4) is 5.75 Å². The monoisotopic (exact) mass is 397 g/mol. The number of carbonyl (C=O) groups excluding carboxylic acids is 2. The van der Waals surface area contributed by atoms with Crippen molar-refractivity contribution in [3.05, 3.63) is 71.2 Å². The molecule has 0 aliphatic carbocycles. The number of nitrogens with one attached hydrogen (secondary N) is 2. The molecule has 1 amide bonds. The van der Waals surface area contributed by atoms with Crippen LogP contribution in [0.4, 0.5) is 10.8 Å². The van der Waals surface area contributed by atoms with Crippen LogP contribution in [0.5, 0.6) is 5.75 Å². The van der Waals surface area contributed by atoms with Gasteiger partial charge in [-0.25, -0.2) is 4.98 Å². The number of aromatic nitrogens is 1. The van der Waals surface area contributed by atoms with Gasteiger partial charge in [-0.15, -0.1) is 11.3 Å². The summed E-state index contributed by atoms with van der Waals surface area (Å²) in [5.41, 5.74) is 2.00. The van der Waals surface area contributed by atoms with Crippen LogP contribution in [0.2, 0.25) is 0 Å². The Kier molecular flexibility index (Phi) is 6.59. The topological polar surface area (TPSA) is 89.5 Å². The summed E-state index contributed by atoms with van der Waals surface area (Å²) < 4.78 is 10.3. The molecule has 0 radical (unpaired) electrons. The van der Waals surface area contributed by atoms with Crippen molar-refractivity contribution in [3.63, 3.8) is 0 Å². The van der Waals surface area contributed by atoms with E-state index in [-0.39, 0.29) is 19.1 Å². The molecule has 2 aromatic carbocycles. The van der Waals surface area contributed by atoms with Crippen LogP contribution >= 0.6 is 11.3 Å². The third-order valence-electron chi connectivity index (χ3n) is 3.70. The third kappa shape index (κ3) is 5.55. The first-order valence-corrected chi connectivity index (χ1v) is 9.36. The lowest BCUT2D eigenvalue weighted by Crippen LogP contribution is -2.30. The maximum absolute atomic E-state index is 11.9. The van der Waals surface area contributed by atoms with Gasteiger partial charge in [0.05, 0.1) is 12.8 Å². The van der Waals surface area contributed by atoms with Crippen LogP contribution < -0.4 is 15.4 Å². The molecule has 0 aliphatic heterocycles. The second-order valence-electron chi connectivity index (χ2n) is 5.71. The van der Waals surface area contributed by atoms with E-state index >= 15 is 0 Å². The second-order valence-corrected chi connectivity index (χ2v) is 6.56. The summed E-state index contributed by atoms with van der Waals surface area (Å²) in [4.78, 5) is 28.1. The van der Waals surface area contributed by atoms with Crippen molar-refractivity contribution >= 4 is 34.0 Å². The molecule has 2 N–H and O–H groups in total. The Balaban J connectivity index is 1.43. The molecule has 3 rings (SSSR count). The first-order chi connectivity index (χ1) is 13.6. The highest BCUT2D eigenvalue weighted by Crippen LogP contribution is 2.23. The van der Waals surface area contributed by atoms with Gasteiger partial charge in [0, 0.05) is 16.6 Å². The molecule has 28 heavy (non-hydrogen) atoms. The largest absolute Gasteiger partial charge is 0.497 e. The SMILES string of the molecule is COc1ccc(Nc2nc(COC(=O)CNC(=O)c3ccccc3)cs2)cc1. The van der Waals surface area contributed by atoms with E-state index in [1.807, 2.05) is 35.7 Å². The molecule has 1 heterocycles. The average Bonchev–Trinajstić information content (AvgIpc) is 3.19. The molecule has 0 saturated heterocycles. The van der Waals surface area contributed by atoms with Gasteiger partial charge in [-0.2, -0.15) is 0 Å². The van der Waals surface area contributed by atoms with Crippen molar-refractivity contribution in [1.29, 1.82) is 0 Å². The number of hydrogen-bond donors (Lipinski definition) is 2. The van der Waals surface area contributed by atoms with Gasteiger partial charge in [0.15, 0.2) is 5.13 Å². The van der Waals surface area contributed by atoms with Crippen LogP contribution in [0.3, 0.4) is 0 Å². The number of hydrogen-bond acceptors (Lipinski definition) is 7. The fraction of sp³-hybridized carbons (Fsp3) is 0.150. The number of esters is 1. The first-order valence-electron chi connectivity index (χ1n) is 8.48. The summed E-state index contributed by atoms with van der Waals surface area (Å²) >= 11 is 1.41. The molecule has 0 fully saturated rings. The Morgan fingerprint density at radius 2 is 1.82 bits per heavy atom. The van der Waals surface area contributed by atoms with E-state index in [4.69, 9.17) is 9.47 Å². The lowest BCUT2D eigenvalue weighted by molar-refractivity contribution is -0.143. The molecule has 0 bridgehead atoms. The first kappa shape index (κ1) is 19.4. The number of carbonyl (C=O) groups is 2. The Labute approximate surface area is 166 Å². The Hall–Kier alpha value is -3.39. The zero-order valence-corrected chi connectivity index (χ0v) is 16.0. The lowest BCUT2D eigenvalue weighted by atomic mass is 10.2. The molecule has 0 saturated carbocycles. The zero-order valence-electron chi connectivity index (χ0n) is 15.2. The number of rotatable bonds is 8. The highest BCUT2D eigenvalue weighted by Gasteiger charge is 2.10. The minimum Gasteiger partial charge on any atom is -0.497 e. The van der Waals surface area contributed by atoms with E-state index in [0.717, 1.165) is 11.4 Å². The van der Waals surface area contributed by atoms with E-state index in [2.05, 4.69) is 15.6 Å². The van der Waals surface area contributed by atoms with Gasteiger partial charge >= 0.3 is 5.97 Å². The van der Waals surface area contributed by atoms with Crippen LogP contribution in [-0.4, -0.2) is 30.5 Å². The number of benzene rings is 2. The highest BCUT2D eigenvalue weighted by molar-refractivity contribution is 7.13. The second kappa shape index (κ2) is 9.52. The van der Waals surface area contributed by atoms with Gasteiger partial charge in [0.2, 0.25) is 0 Å². The molecule has 1 aromatic heterocycles. The number of thiazole rings is 1. The van der Waals surface area contributed by atoms with Gasteiger partial charge in [-0.05, 0) is 36.4 Å². The van der Waals surface area contributed by atoms with Crippen molar-refractivity contribution in [2.75, 3.05) is 19.0 Å². The van der Waals surface area contributed by atoms with Crippen molar-refractivity contribution < 1.29 is 19.1 Å². The lowest BCUT2D eigenvalue weighted by Gasteiger charge is -2.06. The standard InChI is InChI=1S/C20H19N3O4S/c1-26-17-9-7-15(8-10-17)22-20-23-16(13-28-20)12-27-18(24)11-21-19(25)14-5-3-2-4-6-14/h2-10,13H,11-12H2,1H3,(H,21,25)(H,22,23). The quantitative estimate of drug-likeness (QED) is 0.567. The Bertz CT molecular complexity index is 926. The molecule has 0 atom stereocenters. The van der Waals surface area contributed by atoms with Gasteiger partial charge < -0.3 is 20.1 Å². The average molecular weight is 397 g/mol. The highest BCUT2D eigenvalue weighted by atomic mass is 32.1. The number of amides is 1. The molecule has 0 aliphatic rings. The maximum Gasteiger partial charge on any atom is 0.325 e. The summed E-state index contributed by atoms with van der Waals surface area (Å²) in [6.07, 6.45) is 0. The minimum atomic E-state index is -0.526. The summed E-state index contributed by atoms with van der Waals surface area (Å²) in [6, 6.07) is 16.1. The van der Waals surface area contributed by atoms with E-state index in [1.54, 1.807) is 31.4 Å². The van der Waals surface area contributed by atoms with Gasteiger partial charge in [0.25, 0.3) is 5.91 Å². The van der Waals surface area contributed by atoms with E-state index in [1.165, 1.54) is 11.3 Å². The molecule has 3 aromatic rings. The van der Waals surface area contributed by atoms with Gasteiger partial charge in [-0.3, -0.25) is 9.59 Å². The minimum absolute atomic E-state index is 0.0425. The van der Waals surface area contributed by atoms with Crippen LogP contribution in [0, 0.1) is 0 Å². The molecular weight excluding hydrogens is 378 g/mol. The Morgan fingerprint density at radius 1 is 1.07 bits per heavy atom. The van der Waals surface area contributed by atoms with Crippen molar-refractivity contribution in [2.45, 2.75) is 6.61 Å². The predicted octanol–water partition coefficient (Wildman–Crippen LogP) is 3.37. The molecule has 8 heteroatoms. The summed E-state index contributed by atoms with van der Waals surface area (Å²) in [5, 5.41) is 8.20. The van der Waals surface area contributed by atoms with Gasteiger partial charge in [0.1, 0.15) is 18.9 Å². The number of anilines is 2. The smallest absolute Gasteiger partial charge is 0.325 e. The van der Waals surface area contributed by atoms with Crippen molar-refractivity contribution in [2.24, 2.45) is 0 Å². The van der Waals surface area contributed by atoms with Crippen molar-refractivity contribution in [1.82, 2.24) is 10.3 Å². The van der Waals surface area contributed by atoms with Crippen LogP contribution in [0.1, 0.15) is 16.1 Å². The number of methoxy groups -OCH3 is 1. The van der Waals surface area contributed by atoms with E-state index in [9.17, 15) is 9.59 Å². The molecular formula is C20H19N3O4S.